The van der Waals surface area contributed by atoms with E-state index in [4.69, 9.17) is 9.52 Å². The molecule has 4 nitrogen and oxygen atoms in total. The molecule has 1 N–H and O–H groups in total. The molecule has 0 amide bonds. The first-order valence-electron chi connectivity index (χ1n) is 3.39. The minimum Gasteiger partial charge on any atom is -0.469 e. The second-order valence-electron chi connectivity index (χ2n) is 2.57. The summed E-state index contributed by atoms with van der Waals surface area (Å²) in [5.41, 5.74) is -1.37. The van der Waals surface area contributed by atoms with Gasteiger partial charge in [-0.05, 0) is 12.1 Å². The van der Waals surface area contributed by atoms with E-state index in [9.17, 15) is 8.42 Å². The Labute approximate surface area is 70.7 Å². The normalized spacial score (nSPS) is 14.5. The van der Waals surface area contributed by atoms with E-state index in [1.165, 1.54) is 6.26 Å². The van der Waals surface area contributed by atoms with Gasteiger partial charge in [-0.25, -0.2) is 8.42 Å². The number of furan rings is 1. The highest BCUT2D eigenvalue weighted by atomic mass is 32.2. The smallest absolute Gasteiger partial charge is 0.174 e. The lowest BCUT2D eigenvalue weighted by Gasteiger charge is -2.04. The van der Waals surface area contributed by atoms with Crippen molar-refractivity contribution in [1.82, 2.24) is 0 Å². The number of hydrogen-bond donors (Lipinski definition) is 1. The van der Waals surface area contributed by atoms with Gasteiger partial charge in [0.15, 0.2) is 15.3 Å². The maximum atomic E-state index is 10.8. The molecule has 1 rings (SSSR count). The Kier molecular flexibility index (Phi) is 2.54. The van der Waals surface area contributed by atoms with E-state index in [0.717, 1.165) is 6.26 Å². The molecule has 0 spiro atoms. The Bertz CT molecular complexity index is 324. The van der Waals surface area contributed by atoms with Gasteiger partial charge >= 0.3 is 0 Å². The summed E-state index contributed by atoms with van der Waals surface area (Å²) < 4.78 is 26.4. The summed E-state index contributed by atoms with van der Waals surface area (Å²) in [7, 11) is -3.38. The van der Waals surface area contributed by atoms with E-state index in [2.05, 4.69) is 0 Å². The Morgan fingerprint density at radius 2 is 2.33 bits per heavy atom. The van der Waals surface area contributed by atoms with Crippen LogP contribution in [0.4, 0.5) is 0 Å². The van der Waals surface area contributed by atoms with Gasteiger partial charge in [-0.2, -0.15) is 0 Å². The fraction of sp³-hybridized carbons (Fsp3) is 0.429. The van der Waals surface area contributed by atoms with Crippen molar-refractivity contribution in [1.29, 1.82) is 0 Å². The molecule has 1 aromatic rings. The highest BCUT2D eigenvalue weighted by molar-refractivity contribution is 7.91. The SMILES string of the molecule is CS(=O)(=O)C(O)Cc1ccco1. The van der Waals surface area contributed by atoms with Gasteiger partial charge in [0, 0.05) is 12.7 Å². The van der Waals surface area contributed by atoms with Gasteiger partial charge in [0.2, 0.25) is 0 Å². The van der Waals surface area contributed by atoms with Crippen molar-refractivity contribution >= 4 is 9.84 Å². The Morgan fingerprint density at radius 1 is 1.67 bits per heavy atom. The lowest BCUT2D eigenvalue weighted by molar-refractivity contribution is 0.240. The average Bonchev–Trinajstić information content (AvgIpc) is 2.37. The highest BCUT2D eigenvalue weighted by Gasteiger charge is 2.18. The van der Waals surface area contributed by atoms with Crippen molar-refractivity contribution in [3.05, 3.63) is 24.2 Å². The molecule has 5 heteroatoms. The van der Waals surface area contributed by atoms with Crippen molar-refractivity contribution in [2.45, 2.75) is 11.9 Å². The van der Waals surface area contributed by atoms with E-state index >= 15 is 0 Å². The first kappa shape index (κ1) is 9.28. The highest BCUT2D eigenvalue weighted by Crippen LogP contribution is 2.07. The molecule has 1 atom stereocenters. The molecule has 0 aliphatic heterocycles. The largest absolute Gasteiger partial charge is 0.469 e. The zero-order valence-electron chi connectivity index (χ0n) is 6.60. The molecule has 0 aliphatic rings. The molecule has 0 aromatic carbocycles. The van der Waals surface area contributed by atoms with Gasteiger partial charge in [-0.3, -0.25) is 0 Å². The zero-order valence-corrected chi connectivity index (χ0v) is 7.41. The van der Waals surface area contributed by atoms with Crippen molar-refractivity contribution in [2.24, 2.45) is 0 Å². The van der Waals surface area contributed by atoms with Crippen LogP contribution in [0.1, 0.15) is 5.76 Å². The first-order chi connectivity index (χ1) is 5.50. The van der Waals surface area contributed by atoms with E-state index in [1.54, 1.807) is 12.1 Å². The first-order valence-corrected chi connectivity index (χ1v) is 5.35. The summed E-state index contributed by atoms with van der Waals surface area (Å²) in [4.78, 5) is 0. The lowest BCUT2D eigenvalue weighted by atomic mass is 10.3. The molecule has 0 aliphatic carbocycles. The van der Waals surface area contributed by atoms with Crippen molar-refractivity contribution in [3.8, 4) is 0 Å². The molecular weight excluding hydrogens is 180 g/mol. The average molecular weight is 190 g/mol. The summed E-state index contributed by atoms with van der Waals surface area (Å²) in [6.07, 6.45) is 2.43. The van der Waals surface area contributed by atoms with Gasteiger partial charge in [0.1, 0.15) is 5.76 Å². The predicted molar refractivity (Wildman–Crippen MR) is 43.3 cm³/mol. The molecule has 12 heavy (non-hydrogen) atoms. The molecule has 0 bridgehead atoms. The Balaban J connectivity index is 2.66. The third-order valence-corrected chi connectivity index (χ3v) is 2.61. The van der Waals surface area contributed by atoms with Crippen molar-refractivity contribution in [3.63, 3.8) is 0 Å². The number of hydrogen-bond acceptors (Lipinski definition) is 4. The maximum absolute atomic E-state index is 10.8. The molecule has 0 radical (unpaired) electrons. The van der Waals surface area contributed by atoms with E-state index in [1.807, 2.05) is 0 Å². The number of rotatable bonds is 3. The molecule has 1 heterocycles. The zero-order chi connectivity index (χ0) is 9.19. The van der Waals surface area contributed by atoms with Gasteiger partial charge in [0.05, 0.1) is 6.26 Å². The van der Waals surface area contributed by atoms with Crippen molar-refractivity contribution in [2.75, 3.05) is 6.26 Å². The third kappa shape index (κ3) is 2.35. The molecule has 0 fully saturated rings. The van der Waals surface area contributed by atoms with Crippen LogP contribution in [0.2, 0.25) is 0 Å². The van der Waals surface area contributed by atoms with Gasteiger partial charge in [0.25, 0.3) is 0 Å². The number of aliphatic hydroxyl groups excluding tert-OH is 1. The van der Waals surface area contributed by atoms with Crippen LogP contribution >= 0.6 is 0 Å². The van der Waals surface area contributed by atoms with Gasteiger partial charge < -0.3 is 9.52 Å². The summed E-state index contributed by atoms with van der Waals surface area (Å²) in [5.74, 6) is 0.466. The third-order valence-electron chi connectivity index (χ3n) is 1.45. The minimum absolute atomic E-state index is 0.00579. The Hall–Kier alpha value is -0.810. The van der Waals surface area contributed by atoms with Crippen LogP contribution in [0.3, 0.4) is 0 Å². The number of sulfone groups is 1. The van der Waals surface area contributed by atoms with E-state index in [0.29, 0.717) is 5.76 Å². The summed E-state index contributed by atoms with van der Waals surface area (Å²) in [6.45, 7) is 0. The second kappa shape index (κ2) is 3.28. The summed E-state index contributed by atoms with van der Waals surface area (Å²) in [6, 6.07) is 3.26. The monoisotopic (exact) mass is 190 g/mol. The lowest BCUT2D eigenvalue weighted by Crippen LogP contribution is -2.21. The molecule has 0 saturated carbocycles. The van der Waals surface area contributed by atoms with Crippen LogP contribution in [0.15, 0.2) is 22.8 Å². The van der Waals surface area contributed by atoms with Crippen molar-refractivity contribution < 1.29 is 17.9 Å². The van der Waals surface area contributed by atoms with Crippen LogP contribution < -0.4 is 0 Å². The topological polar surface area (TPSA) is 67.5 Å². The van der Waals surface area contributed by atoms with E-state index in [-0.39, 0.29) is 6.42 Å². The van der Waals surface area contributed by atoms with Crippen LogP contribution in [0.25, 0.3) is 0 Å². The quantitative estimate of drug-likeness (QED) is 0.738. The van der Waals surface area contributed by atoms with Crippen LogP contribution in [-0.4, -0.2) is 25.2 Å². The second-order valence-corrected chi connectivity index (χ2v) is 4.77. The summed E-state index contributed by atoms with van der Waals surface area (Å²) in [5, 5.41) is 9.11. The van der Waals surface area contributed by atoms with Crippen LogP contribution in [0, 0.1) is 0 Å². The predicted octanol–water partition coefficient (Wildman–Crippen LogP) is 0.185. The number of aliphatic hydroxyl groups is 1. The van der Waals surface area contributed by atoms with Gasteiger partial charge in [-0.15, -0.1) is 0 Å². The fourth-order valence-corrected chi connectivity index (χ4v) is 1.22. The van der Waals surface area contributed by atoms with Crippen LogP contribution in [-0.2, 0) is 16.3 Å². The molecule has 0 saturated heterocycles. The molecule has 1 aromatic heterocycles. The van der Waals surface area contributed by atoms with Gasteiger partial charge in [-0.1, -0.05) is 0 Å². The van der Waals surface area contributed by atoms with E-state index < -0.39 is 15.3 Å². The standard InChI is InChI=1S/C7H10O4S/c1-12(9,10)7(8)5-6-3-2-4-11-6/h2-4,7-8H,5H2,1H3. The molecule has 1 unspecified atom stereocenters. The molecular formula is C7H10O4S. The minimum atomic E-state index is -3.38. The maximum Gasteiger partial charge on any atom is 0.174 e. The summed E-state index contributed by atoms with van der Waals surface area (Å²) >= 11 is 0. The molecule has 68 valence electrons. The fourth-order valence-electron chi connectivity index (χ4n) is 0.752. The Morgan fingerprint density at radius 3 is 2.75 bits per heavy atom. The van der Waals surface area contributed by atoms with Crippen LogP contribution in [0.5, 0.6) is 0 Å².